The number of nitrogens with zero attached hydrogens (tertiary/aromatic N) is 1. The maximum atomic E-state index is 6.22. The van der Waals surface area contributed by atoms with E-state index in [1.807, 2.05) is 30.5 Å². The van der Waals surface area contributed by atoms with Crippen molar-refractivity contribution in [2.75, 3.05) is 5.32 Å². The quantitative estimate of drug-likeness (QED) is 0.610. The third kappa shape index (κ3) is 2.93. The summed E-state index contributed by atoms with van der Waals surface area (Å²) in [6.45, 7) is 0.500. The van der Waals surface area contributed by atoms with Crippen LogP contribution in [0.4, 0.5) is 5.69 Å². The molecule has 0 radical (unpaired) electrons. The molecule has 0 aliphatic heterocycles. The maximum Gasteiger partial charge on any atom is 0.0657 e. The average molecular weight is 338 g/mol. The molecule has 5 heteroatoms. The molecule has 0 spiro atoms. The summed E-state index contributed by atoms with van der Waals surface area (Å²) in [7, 11) is 0. The van der Waals surface area contributed by atoms with Gasteiger partial charge in [0.15, 0.2) is 0 Å². The fourth-order valence-corrected chi connectivity index (χ4v) is 2.87. The molecule has 2 aromatic carbocycles. The van der Waals surface area contributed by atoms with Crippen molar-refractivity contribution in [1.29, 1.82) is 0 Å². The smallest absolute Gasteiger partial charge is 0.0657 e. The number of aromatic nitrogens is 1. The molecule has 1 N–H and O–H groups in total. The largest absolute Gasteiger partial charge is 0.380 e. The second kappa shape index (κ2) is 6.10. The first kappa shape index (κ1) is 14.5. The van der Waals surface area contributed by atoms with Gasteiger partial charge in [-0.1, -0.05) is 46.9 Å². The third-order valence-electron chi connectivity index (χ3n) is 3.28. The van der Waals surface area contributed by atoms with Crippen LogP contribution in [0, 0.1) is 0 Å². The fourth-order valence-electron chi connectivity index (χ4n) is 2.19. The Morgan fingerprint density at radius 2 is 1.76 bits per heavy atom. The van der Waals surface area contributed by atoms with Crippen LogP contribution >= 0.6 is 34.8 Å². The molecule has 0 saturated heterocycles. The van der Waals surface area contributed by atoms with Crippen molar-refractivity contribution in [3.05, 3.63) is 69.4 Å². The van der Waals surface area contributed by atoms with Crippen LogP contribution in [0.3, 0.4) is 0 Å². The normalized spacial score (nSPS) is 10.8. The highest BCUT2D eigenvalue weighted by molar-refractivity contribution is 6.44. The van der Waals surface area contributed by atoms with Gasteiger partial charge in [-0.15, -0.1) is 0 Å². The van der Waals surface area contributed by atoms with Gasteiger partial charge < -0.3 is 5.32 Å². The lowest BCUT2D eigenvalue weighted by Gasteiger charge is -2.12. The van der Waals surface area contributed by atoms with E-state index in [1.54, 1.807) is 18.3 Å². The van der Waals surface area contributed by atoms with Crippen LogP contribution in [0.5, 0.6) is 0 Å². The van der Waals surface area contributed by atoms with Crippen LogP contribution in [0.1, 0.15) is 5.56 Å². The van der Waals surface area contributed by atoms with E-state index in [9.17, 15) is 0 Å². The van der Waals surface area contributed by atoms with E-state index in [-0.39, 0.29) is 0 Å². The summed E-state index contributed by atoms with van der Waals surface area (Å²) in [4.78, 5) is 4.12. The average Bonchev–Trinajstić information content (AvgIpc) is 2.51. The zero-order valence-electron chi connectivity index (χ0n) is 10.9. The molecule has 3 aromatic rings. The minimum absolute atomic E-state index is 0.485. The van der Waals surface area contributed by atoms with Crippen LogP contribution in [0.25, 0.3) is 10.8 Å². The highest BCUT2D eigenvalue weighted by Crippen LogP contribution is 2.32. The molecule has 0 fully saturated rings. The van der Waals surface area contributed by atoms with Crippen LogP contribution in [0.2, 0.25) is 15.1 Å². The van der Waals surface area contributed by atoms with Gasteiger partial charge in [-0.3, -0.25) is 4.98 Å². The molecular weight excluding hydrogens is 327 g/mol. The van der Waals surface area contributed by atoms with E-state index in [0.717, 1.165) is 22.0 Å². The molecule has 0 atom stereocenters. The van der Waals surface area contributed by atoms with Crippen LogP contribution < -0.4 is 5.32 Å². The first-order valence-electron chi connectivity index (χ1n) is 6.36. The van der Waals surface area contributed by atoms with Crippen molar-refractivity contribution in [1.82, 2.24) is 4.98 Å². The Bertz CT molecular complexity index is 797. The number of hydrogen-bond donors (Lipinski definition) is 1. The first-order chi connectivity index (χ1) is 10.2. The number of fused-ring (bicyclic) bond motifs is 1. The minimum atomic E-state index is 0.485. The molecule has 2 nitrogen and oxygen atoms in total. The number of benzene rings is 2. The Morgan fingerprint density at radius 1 is 0.952 bits per heavy atom. The van der Waals surface area contributed by atoms with Crippen molar-refractivity contribution in [3.63, 3.8) is 0 Å². The third-order valence-corrected chi connectivity index (χ3v) is 4.47. The molecule has 1 heterocycles. The summed E-state index contributed by atoms with van der Waals surface area (Å²) in [6.07, 6.45) is 3.60. The first-order valence-corrected chi connectivity index (χ1v) is 7.49. The van der Waals surface area contributed by atoms with Gasteiger partial charge in [0, 0.05) is 46.0 Å². The molecule has 3 rings (SSSR count). The van der Waals surface area contributed by atoms with E-state index in [2.05, 4.69) is 10.3 Å². The van der Waals surface area contributed by atoms with Crippen molar-refractivity contribution in [2.24, 2.45) is 0 Å². The van der Waals surface area contributed by atoms with Crippen molar-refractivity contribution < 1.29 is 0 Å². The summed E-state index contributed by atoms with van der Waals surface area (Å²) < 4.78 is 0. The van der Waals surface area contributed by atoms with Crippen molar-refractivity contribution >= 4 is 51.3 Å². The molecule has 0 bridgehead atoms. The summed E-state index contributed by atoms with van der Waals surface area (Å²) in [5.41, 5.74) is 1.79. The fraction of sp³-hybridized carbons (Fsp3) is 0.0625. The second-order valence-corrected chi connectivity index (χ2v) is 5.77. The lowest BCUT2D eigenvalue weighted by molar-refractivity contribution is 1.15. The molecule has 1 aromatic heterocycles. The Balaban J connectivity index is 1.93. The number of hydrogen-bond acceptors (Lipinski definition) is 2. The minimum Gasteiger partial charge on any atom is -0.380 e. The summed E-state index contributed by atoms with van der Waals surface area (Å²) in [6, 6.07) is 11.4. The SMILES string of the molecule is Clc1ccc(Cl)c(CNc2cccc3cnccc23)c1Cl. The number of rotatable bonds is 3. The van der Waals surface area contributed by atoms with Gasteiger partial charge in [0.25, 0.3) is 0 Å². The molecule has 0 amide bonds. The molecule has 106 valence electrons. The number of nitrogens with one attached hydrogen (secondary N) is 1. The summed E-state index contributed by atoms with van der Waals surface area (Å²) in [5, 5.41) is 7.11. The molecule has 0 aliphatic carbocycles. The van der Waals surface area contributed by atoms with E-state index in [0.29, 0.717) is 21.6 Å². The Labute approximate surface area is 137 Å². The van der Waals surface area contributed by atoms with E-state index >= 15 is 0 Å². The van der Waals surface area contributed by atoms with Crippen molar-refractivity contribution in [2.45, 2.75) is 6.54 Å². The van der Waals surface area contributed by atoms with Gasteiger partial charge in [0.1, 0.15) is 0 Å². The Morgan fingerprint density at radius 3 is 2.62 bits per heavy atom. The van der Waals surface area contributed by atoms with Gasteiger partial charge in [0.05, 0.1) is 10.0 Å². The van der Waals surface area contributed by atoms with Gasteiger partial charge in [-0.05, 0) is 24.3 Å². The van der Waals surface area contributed by atoms with Gasteiger partial charge >= 0.3 is 0 Å². The predicted octanol–water partition coefficient (Wildman–Crippen LogP) is 5.81. The summed E-state index contributed by atoms with van der Waals surface area (Å²) >= 11 is 18.4. The van der Waals surface area contributed by atoms with E-state index < -0.39 is 0 Å². The Kier molecular flexibility index (Phi) is 4.20. The zero-order valence-corrected chi connectivity index (χ0v) is 13.2. The van der Waals surface area contributed by atoms with Gasteiger partial charge in [-0.2, -0.15) is 0 Å². The number of anilines is 1. The Hall–Kier alpha value is -1.48. The lowest BCUT2D eigenvalue weighted by atomic mass is 10.1. The molecule has 0 aliphatic rings. The highest BCUT2D eigenvalue weighted by atomic mass is 35.5. The van der Waals surface area contributed by atoms with E-state index in [4.69, 9.17) is 34.8 Å². The van der Waals surface area contributed by atoms with Crippen molar-refractivity contribution in [3.8, 4) is 0 Å². The van der Waals surface area contributed by atoms with Crippen LogP contribution in [-0.2, 0) is 6.54 Å². The molecular formula is C16H11Cl3N2. The highest BCUT2D eigenvalue weighted by Gasteiger charge is 2.10. The topological polar surface area (TPSA) is 24.9 Å². The number of pyridine rings is 1. The maximum absolute atomic E-state index is 6.22. The molecule has 0 saturated carbocycles. The zero-order chi connectivity index (χ0) is 14.8. The second-order valence-electron chi connectivity index (χ2n) is 4.58. The molecule has 21 heavy (non-hydrogen) atoms. The standard InChI is InChI=1S/C16H11Cl3N2/c17-13-4-5-14(18)16(19)12(13)9-21-15-3-1-2-10-8-20-7-6-11(10)15/h1-8,21H,9H2. The van der Waals surface area contributed by atoms with Crippen LogP contribution in [0.15, 0.2) is 48.8 Å². The molecule has 0 unspecified atom stereocenters. The number of halogens is 3. The van der Waals surface area contributed by atoms with Gasteiger partial charge in [-0.25, -0.2) is 0 Å². The lowest BCUT2D eigenvalue weighted by Crippen LogP contribution is -2.01. The summed E-state index contributed by atoms with van der Waals surface area (Å²) in [5.74, 6) is 0. The monoisotopic (exact) mass is 336 g/mol. The van der Waals surface area contributed by atoms with E-state index in [1.165, 1.54) is 0 Å². The van der Waals surface area contributed by atoms with Crippen LogP contribution in [-0.4, -0.2) is 4.98 Å². The van der Waals surface area contributed by atoms with Gasteiger partial charge in [0.2, 0.25) is 0 Å². The predicted molar refractivity (Wildman–Crippen MR) is 90.5 cm³/mol.